The molecular formula is C130H138N8O5S4. The number of likely N-dealkylation sites (N-methyl/N-ethyl adjacent to an activating group) is 1. The average Bonchev–Trinajstić information content (AvgIpc) is 0.972. The van der Waals surface area contributed by atoms with Crippen LogP contribution in [-0.4, -0.2) is 147 Å². The van der Waals surface area contributed by atoms with Gasteiger partial charge in [0.15, 0.2) is 0 Å². The van der Waals surface area contributed by atoms with Gasteiger partial charge < -0.3 is 29.6 Å². The van der Waals surface area contributed by atoms with Crippen LogP contribution in [0.5, 0.6) is 5.75 Å². The summed E-state index contributed by atoms with van der Waals surface area (Å²) in [6.07, 6.45) is 6.52. The van der Waals surface area contributed by atoms with Crippen molar-refractivity contribution in [3.63, 3.8) is 0 Å². The maximum Gasteiger partial charge on any atom is 0.129 e. The van der Waals surface area contributed by atoms with Crippen molar-refractivity contribution in [2.75, 3.05) is 93.8 Å². The number of aliphatic hydroxyl groups excluding tert-OH is 1. The topological polar surface area (TPSA) is 140 Å². The molecule has 20 rings (SSSR count). The van der Waals surface area contributed by atoms with E-state index in [2.05, 4.69) is 419 Å². The number of hydrogen-bond donors (Lipinski definition) is 6. The van der Waals surface area contributed by atoms with E-state index >= 15 is 0 Å². The first-order chi connectivity index (χ1) is 70.8. The highest BCUT2D eigenvalue weighted by atomic mass is 32.1. The molecule has 0 unspecified atom stereocenters. The molecule has 2 fully saturated rings. The van der Waals surface area contributed by atoms with Gasteiger partial charge >= 0.3 is 0 Å². The van der Waals surface area contributed by atoms with Crippen molar-refractivity contribution in [1.82, 2.24) is 14.7 Å². The summed E-state index contributed by atoms with van der Waals surface area (Å²) in [6, 6.07) is 137. The number of phenolic OH excluding ortho intramolecular Hbond substituents is 1. The fourth-order valence-electron chi connectivity index (χ4n) is 18.0. The van der Waals surface area contributed by atoms with E-state index in [4.69, 9.17) is 19.6 Å². The Hall–Kier alpha value is -14.0. The van der Waals surface area contributed by atoms with Crippen LogP contribution >= 0.6 is 50.5 Å². The summed E-state index contributed by atoms with van der Waals surface area (Å²) in [4.78, 5) is 33.3. The number of piperidine rings is 1. The van der Waals surface area contributed by atoms with Gasteiger partial charge in [0.25, 0.3) is 0 Å². The second-order valence-corrected chi connectivity index (χ2v) is 36.9. The van der Waals surface area contributed by atoms with Crippen molar-refractivity contribution in [1.29, 1.82) is 0 Å². The molecule has 0 aliphatic carbocycles. The first-order valence-electron chi connectivity index (χ1n) is 49.3. The first kappa shape index (κ1) is 112. The average molecular weight is 2020 g/mol. The van der Waals surface area contributed by atoms with Crippen molar-refractivity contribution in [3.8, 4) is 5.75 Å². The minimum absolute atomic E-state index is 0. The van der Waals surface area contributed by atoms with E-state index in [1.54, 1.807) is 12.1 Å². The standard InChI is InChI=1S/C25H28N2OS.C24H26N2OS.C22H24N2OS.C19H17NO.C19H17NS.C18H14O.3CH4/c29-19-20-11-13-22(14-12-20)25(26-28-18-17-27-15-4-1-5-16-27)24-10-6-8-21-7-2-3-9-23(21)24;28-18-19-10-12-21(13-11-19)24(25-27-17-16-26-14-3-4-15-26)23-9-5-7-20-6-1-2-8-22(20)23;1-24(2)14-15-25-23-22(19-12-10-17(16-26)11-13-19)21-9-5-7-18-6-3-4-8-20(18)21;2*1-20-19(16-11-9-14(13-21)10-12-16)18-8-4-6-15-5-2-3-7-17(15)18;1-13(14-9-11-16(19)12-10-14)17-8-4-6-15-5-2-3-7-18(15)17;;;/h2-3,6-14,29H,1,4-5,15-19H2;1-2,5-13,28H,3-4,14-18H2;3-13,26H,14-16H2,1-2H3;2*2-12,21H,13H2,1H3;2-12,19H,1H2;3*1H4/b26-25-;25-24-;23-22-;;;;;;. The summed E-state index contributed by atoms with van der Waals surface area (Å²) >= 11 is 17.4. The van der Waals surface area contributed by atoms with Crippen molar-refractivity contribution in [2.24, 2.45) is 25.5 Å². The molecule has 0 spiro atoms. The lowest BCUT2D eigenvalue weighted by Crippen LogP contribution is -2.32. The first-order valence-corrected chi connectivity index (χ1v) is 51.8. The minimum atomic E-state index is 0. The Morgan fingerprint density at radius 3 is 0.789 bits per heavy atom. The molecule has 0 amide bonds. The Morgan fingerprint density at radius 2 is 0.517 bits per heavy atom. The number of thiol groups is 4. The summed E-state index contributed by atoms with van der Waals surface area (Å²) in [7, 11) is 7.71. The fraction of sp³-hybridized carbons (Fsp3) is 0.208. The molecule has 0 atom stereocenters. The molecular weight excluding hydrogens is 1880 g/mol. The van der Waals surface area contributed by atoms with Crippen molar-refractivity contribution >= 4 is 149 Å². The quantitative estimate of drug-likeness (QED) is 0.0118. The molecule has 18 aromatic carbocycles. The summed E-state index contributed by atoms with van der Waals surface area (Å²) in [5, 5.41) is 46.7. The molecule has 2 aliphatic heterocycles. The molecule has 18 aromatic rings. The van der Waals surface area contributed by atoms with Crippen molar-refractivity contribution in [3.05, 3.63) is 502 Å². The lowest BCUT2D eigenvalue weighted by Gasteiger charge is -2.25. The number of phenols is 1. The Balaban J connectivity index is 0.000000157. The third-order valence-corrected chi connectivity index (χ3v) is 27.3. The molecule has 13 nitrogen and oxygen atoms in total. The molecule has 2 saturated heterocycles. The number of hydrogen-bond acceptors (Lipinski definition) is 17. The molecule has 0 radical (unpaired) electrons. The zero-order valence-corrected chi connectivity index (χ0v) is 86.0. The number of nitrogens with zero attached hydrogens (tertiary/aromatic N) is 8. The van der Waals surface area contributed by atoms with E-state index < -0.39 is 0 Å². The van der Waals surface area contributed by atoms with Crippen LogP contribution in [0.25, 0.3) is 70.2 Å². The lowest BCUT2D eigenvalue weighted by atomic mass is 9.94. The van der Waals surface area contributed by atoms with Crippen LogP contribution < -0.4 is 0 Å². The molecule has 2 heterocycles. The molecule has 17 heteroatoms. The van der Waals surface area contributed by atoms with Crippen LogP contribution in [0.4, 0.5) is 0 Å². The zero-order chi connectivity index (χ0) is 100.0. The number of aliphatic imine (C=N–C) groups is 2. The van der Waals surface area contributed by atoms with Crippen molar-refractivity contribution in [2.45, 2.75) is 84.0 Å². The summed E-state index contributed by atoms with van der Waals surface area (Å²) in [6.45, 7) is 13.4. The summed E-state index contributed by atoms with van der Waals surface area (Å²) in [5.41, 5.74) is 24.4. The molecule has 147 heavy (non-hydrogen) atoms. The molecule has 0 bridgehead atoms. The Bertz CT molecular complexity index is 7220. The molecule has 752 valence electrons. The highest BCUT2D eigenvalue weighted by Gasteiger charge is 2.20. The van der Waals surface area contributed by atoms with Crippen molar-refractivity contribution < 1.29 is 24.7 Å². The van der Waals surface area contributed by atoms with Crippen LogP contribution in [0, 0.1) is 0 Å². The predicted molar refractivity (Wildman–Crippen MR) is 641 cm³/mol. The number of likely N-dealkylation sites (tertiary alicyclic amines) is 2. The second kappa shape index (κ2) is 58.4. The SMILES string of the molecule is C.C.C.C=C(c1ccc(O)cc1)c1cccc2ccccc12.CN(C)CCO/N=C(/c1ccc(CS)cc1)c1cccc2ccccc12.CN=C(c1ccc(CO)cc1)c1cccc2ccccc12.CN=C(c1ccc(CS)cc1)c1cccc2ccccc12.SCc1ccc(/C(=N/OCCN2CCCC2)c2cccc3ccccc23)cc1.SCc1ccc(/C(=N/OCCN2CCCCC2)c2cccc3ccccc23)cc1. The van der Waals surface area contributed by atoms with E-state index in [-0.39, 0.29) is 34.6 Å². The van der Waals surface area contributed by atoms with E-state index in [0.29, 0.717) is 19.8 Å². The van der Waals surface area contributed by atoms with Gasteiger partial charge in [-0.2, -0.15) is 50.5 Å². The highest BCUT2D eigenvalue weighted by Crippen LogP contribution is 2.33. The molecule has 0 saturated carbocycles. The van der Waals surface area contributed by atoms with Gasteiger partial charge in [-0.05, 0) is 187 Å². The number of oxime groups is 3. The fourth-order valence-corrected chi connectivity index (χ4v) is 18.8. The normalized spacial score (nSPS) is 12.8. The van der Waals surface area contributed by atoms with Gasteiger partial charge in [0, 0.05) is 112 Å². The number of aliphatic hydroxyl groups is 1. The summed E-state index contributed by atoms with van der Waals surface area (Å²) < 4.78 is 0. The number of benzene rings is 18. The Labute approximate surface area is 892 Å². The van der Waals surface area contributed by atoms with E-state index in [9.17, 15) is 5.11 Å². The summed E-state index contributed by atoms with van der Waals surface area (Å²) in [5.74, 6) is 3.21. The van der Waals surface area contributed by atoms with Gasteiger partial charge in [0.05, 0.1) is 18.0 Å². The highest BCUT2D eigenvalue weighted by molar-refractivity contribution is 7.79. The third-order valence-electron chi connectivity index (χ3n) is 25.8. The van der Waals surface area contributed by atoms with Gasteiger partial charge in [-0.25, -0.2) is 0 Å². The lowest BCUT2D eigenvalue weighted by molar-refractivity contribution is 0.103. The van der Waals surface area contributed by atoms with Crippen LogP contribution in [0.15, 0.2) is 432 Å². The second-order valence-electron chi connectivity index (χ2n) is 35.7. The van der Waals surface area contributed by atoms with Crippen LogP contribution in [0.2, 0.25) is 0 Å². The minimum Gasteiger partial charge on any atom is -0.508 e. The predicted octanol–water partition coefficient (Wildman–Crippen LogP) is 30.3. The molecule has 2 N–H and O–H groups in total. The van der Waals surface area contributed by atoms with Gasteiger partial charge in [0.1, 0.15) is 42.7 Å². The largest absolute Gasteiger partial charge is 0.508 e. The van der Waals surface area contributed by atoms with Gasteiger partial charge in [0.2, 0.25) is 0 Å². The molecule has 2 aliphatic rings. The van der Waals surface area contributed by atoms with E-state index in [0.717, 1.165) is 144 Å². The van der Waals surface area contributed by atoms with Gasteiger partial charge in [-0.1, -0.05) is 439 Å². The van der Waals surface area contributed by atoms with E-state index in [1.165, 1.54) is 151 Å². The maximum absolute atomic E-state index is 9.35. The monoisotopic (exact) mass is 2020 g/mol. The van der Waals surface area contributed by atoms with Crippen LogP contribution in [0.3, 0.4) is 0 Å². The van der Waals surface area contributed by atoms with Crippen LogP contribution in [0.1, 0.15) is 149 Å². The van der Waals surface area contributed by atoms with E-state index in [1.807, 2.05) is 94.9 Å². The zero-order valence-electron chi connectivity index (χ0n) is 82.4. The number of fused-ring (bicyclic) bond motifs is 6. The van der Waals surface area contributed by atoms with Crippen LogP contribution in [-0.2, 0) is 44.1 Å². The van der Waals surface area contributed by atoms with Gasteiger partial charge in [-0.15, -0.1) is 0 Å². The van der Waals surface area contributed by atoms with Gasteiger partial charge in [-0.3, -0.25) is 19.8 Å². The molecule has 0 aromatic heterocycles. The Morgan fingerprint density at radius 1 is 0.286 bits per heavy atom. The third kappa shape index (κ3) is 30.6. The number of aromatic hydroxyl groups is 1. The smallest absolute Gasteiger partial charge is 0.129 e. The number of rotatable bonds is 29. The Kier molecular flexibility index (Phi) is 44.4. The maximum atomic E-state index is 9.35.